The lowest BCUT2D eigenvalue weighted by molar-refractivity contribution is -0.139. The maximum atomic E-state index is 11.8. The fraction of sp³-hybridized carbons (Fsp3) is 0.556. The standard InChI is InChI=1S/C18H26N4O2/c1-3-14-6-4-5-9-21(14)12-16-15(10-18(23)24-2)20-17-8-7-13(19)11-22(16)17/h7-8,11,14H,3-6,9-10,12,19H2,1-2H3. The first-order valence-corrected chi connectivity index (χ1v) is 8.68. The summed E-state index contributed by atoms with van der Waals surface area (Å²) in [6.07, 6.45) is 6.99. The topological polar surface area (TPSA) is 72.9 Å². The van der Waals surface area contributed by atoms with Gasteiger partial charge in [0.2, 0.25) is 0 Å². The number of hydrogen-bond donors (Lipinski definition) is 1. The van der Waals surface area contributed by atoms with E-state index in [0.29, 0.717) is 11.7 Å². The van der Waals surface area contributed by atoms with E-state index >= 15 is 0 Å². The molecule has 2 N–H and O–H groups in total. The third kappa shape index (κ3) is 3.38. The van der Waals surface area contributed by atoms with Crippen LogP contribution in [0.1, 0.15) is 44.0 Å². The van der Waals surface area contributed by atoms with Crippen molar-refractivity contribution in [3.63, 3.8) is 0 Å². The molecule has 0 spiro atoms. The minimum atomic E-state index is -0.265. The summed E-state index contributed by atoms with van der Waals surface area (Å²) in [5, 5.41) is 0. The summed E-state index contributed by atoms with van der Waals surface area (Å²) in [5.74, 6) is -0.265. The van der Waals surface area contributed by atoms with Crippen molar-refractivity contribution >= 4 is 17.3 Å². The summed E-state index contributed by atoms with van der Waals surface area (Å²) in [6.45, 7) is 4.12. The molecule has 6 nitrogen and oxygen atoms in total. The Hall–Kier alpha value is -2.08. The van der Waals surface area contributed by atoms with Crippen molar-refractivity contribution in [1.82, 2.24) is 14.3 Å². The van der Waals surface area contributed by atoms with Crippen molar-refractivity contribution in [1.29, 1.82) is 0 Å². The van der Waals surface area contributed by atoms with E-state index in [9.17, 15) is 4.79 Å². The molecule has 1 aliphatic rings. The third-order valence-corrected chi connectivity index (χ3v) is 4.94. The number of anilines is 1. The number of carbonyl (C=O) groups excluding carboxylic acids is 1. The lowest BCUT2D eigenvalue weighted by Crippen LogP contribution is -2.39. The van der Waals surface area contributed by atoms with Crippen LogP contribution in [0.2, 0.25) is 0 Å². The Morgan fingerprint density at radius 3 is 3.00 bits per heavy atom. The number of nitrogen functional groups attached to an aromatic ring is 1. The number of methoxy groups -OCH3 is 1. The quantitative estimate of drug-likeness (QED) is 0.852. The van der Waals surface area contributed by atoms with Crippen molar-refractivity contribution < 1.29 is 9.53 Å². The monoisotopic (exact) mass is 330 g/mol. The van der Waals surface area contributed by atoms with Gasteiger partial charge in [-0.2, -0.15) is 0 Å². The number of piperidine rings is 1. The zero-order valence-electron chi connectivity index (χ0n) is 14.5. The van der Waals surface area contributed by atoms with Gasteiger partial charge in [0.25, 0.3) is 0 Å². The summed E-state index contributed by atoms with van der Waals surface area (Å²) in [7, 11) is 1.41. The molecule has 130 valence electrons. The second kappa shape index (κ2) is 7.21. The number of hydrogen-bond acceptors (Lipinski definition) is 5. The predicted molar refractivity (Wildman–Crippen MR) is 93.7 cm³/mol. The zero-order valence-corrected chi connectivity index (χ0v) is 14.5. The van der Waals surface area contributed by atoms with Crippen molar-refractivity contribution in [3.8, 4) is 0 Å². The molecule has 1 fully saturated rings. The average molecular weight is 330 g/mol. The van der Waals surface area contributed by atoms with E-state index < -0.39 is 0 Å². The molecule has 3 rings (SSSR count). The van der Waals surface area contributed by atoms with Gasteiger partial charge in [-0.05, 0) is 37.9 Å². The summed E-state index contributed by atoms with van der Waals surface area (Å²) in [6, 6.07) is 4.33. The largest absolute Gasteiger partial charge is 0.469 e. The van der Waals surface area contributed by atoms with Crippen molar-refractivity contribution in [2.45, 2.75) is 51.6 Å². The molecule has 1 atom stereocenters. The molecular weight excluding hydrogens is 304 g/mol. The lowest BCUT2D eigenvalue weighted by atomic mass is 9.99. The van der Waals surface area contributed by atoms with Crippen LogP contribution in [0, 0.1) is 0 Å². The number of fused-ring (bicyclic) bond motifs is 1. The minimum Gasteiger partial charge on any atom is -0.469 e. The molecule has 1 unspecified atom stereocenters. The average Bonchev–Trinajstić information content (AvgIpc) is 2.92. The van der Waals surface area contributed by atoms with Crippen LogP contribution in [0.3, 0.4) is 0 Å². The van der Waals surface area contributed by atoms with E-state index in [1.165, 1.54) is 26.4 Å². The van der Waals surface area contributed by atoms with Crippen LogP contribution in [-0.2, 0) is 22.5 Å². The van der Waals surface area contributed by atoms with Crippen LogP contribution >= 0.6 is 0 Å². The Kier molecular flexibility index (Phi) is 5.04. The molecule has 1 aliphatic heterocycles. The van der Waals surface area contributed by atoms with Crippen LogP contribution in [-0.4, -0.2) is 40.0 Å². The van der Waals surface area contributed by atoms with Crippen LogP contribution in [0.4, 0.5) is 5.69 Å². The number of nitrogens with two attached hydrogens (primary N) is 1. The molecule has 0 bridgehead atoms. The van der Waals surface area contributed by atoms with E-state index in [4.69, 9.17) is 10.5 Å². The number of carbonyl (C=O) groups is 1. The van der Waals surface area contributed by atoms with E-state index in [1.54, 1.807) is 0 Å². The van der Waals surface area contributed by atoms with Gasteiger partial charge in [-0.1, -0.05) is 13.3 Å². The number of esters is 1. The number of nitrogens with zero attached hydrogens (tertiary/aromatic N) is 3. The van der Waals surface area contributed by atoms with Crippen LogP contribution in [0.25, 0.3) is 5.65 Å². The predicted octanol–water partition coefficient (Wildman–Crippen LogP) is 2.40. The summed E-state index contributed by atoms with van der Waals surface area (Å²) in [4.78, 5) is 18.9. The maximum absolute atomic E-state index is 11.8. The fourth-order valence-electron chi connectivity index (χ4n) is 3.60. The number of rotatable bonds is 5. The highest BCUT2D eigenvalue weighted by Crippen LogP contribution is 2.24. The Morgan fingerprint density at radius 1 is 1.42 bits per heavy atom. The Labute approximate surface area is 142 Å². The van der Waals surface area contributed by atoms with Gasteiger partial charge in [-0.15, -0.1) is 0 Å². The normalized spacial score (nSPS) is 18.8. The number of pyridine rings is 1. The first-order valence-electron chi connectivity index (χ1n) is 8.68. The van der Waals surface area contributed by atoms with Crippen molar-refractivity contribution in [3.05, 3.63) is 29.7 Å². The second-order valence-electron chi connectivity index (χ2n) is 6.48. The highest BCUT2D eigenvalue weighted by atomic mass is 16.5. The third-order valence-electron chi connectivity index (χ3n) is 4.94. The van der Waals surface area contributed by atoms with Crippen molar-refractivity contribution in [2.24, 2.45) is 0 Å². The number of aromatic nitrogens is 2. The fourth-order valence-corrected chi connectivity index (χ4v) is 3.60. The highest BCUT2D eigenvalue weighted by Gasteiger charge is 2.24. The summed E-state index contributed by atoms with van der Waals surface area (Å²) < 4.78 is 6.86. The van der Waals surface area contributed by atoms with Gasteiger partial charge in [0.15, 0.2) is 0 Å². The molecule has 0 amide bonds. The van der Waals surface area contributed by atoms with E-state index in [-0.39, 0.29) is 12.4 Å². The van der Waals surface area contributed by atoms with Crippen LogP contribution < -0.4 is 5.73 Å². The van der Waals surface area contributed by atoms with Gasteiger partial charge < -0.3 is 14.9 Å². The van der Waals surface area contributed by atoms with Gasteiger partial charge in [0, 0.05) is 24.5 Å². The second-order valence-corrected chi connectivity index (χ2v) is 6.48. The van der Waals surface area contributed by atoms with E-state index in [2.05, 4.69) is 16.8 Å². The smallest absolute Gasteiger partial charge is 0.311 e. The lowest BCUT2D eigenvalue weighted by Gasteiger charge is -2.35. The molecule has 2 aromatic heterocycles. The molecule has 6 heteroatoms. The summed E-state index contributed by atoms with van der Waals surface area (Å²) in [5.41, 5.74) is 9.31. The van der Waals surface area contributed by atoms with E-state index in [1.807, 2.05) is 22.7 Å². The SMILES string of the molecule is CCC1CCCCN1Cc1c(CC(=O)OC)nc2ccc(N)cn12. The number of ether oxygens (including phenoxy) is 1. The van der Waals surface area contributed by atoms with Gasteiger partial charge in [-0.25, -0.2) is 4.98 Å². The van der Waals surface area contributed by atoms with Crippen molar-refractivity contribution in [2.75, 3.05) is 19.4 Å². The van der Waals surface area contributed by atoms with Gasteiger partial charge in [0.1, 0.15) is 5.65 Å². The highest BCUT2D eigenvalue weighted by molar-refractivity contribution is 5.72. The number of imidazole rings is 1. The Morgan fingerprint density at radius 2 is 2.25 bits per heavy atom. The molecule has 2 aromatic rings. The van der Waals surface area contributed by atoms with Crippen LogP contribution in [0.15, 0.2) is 18.3 Å². The van der Waals surface area contributed by atoms with Gasteiger partial charge >= 0.3 is 5.97 Å². The van der Waals surface area contributed by atoms with Crippen LogP contribution in [0.5, 0.6) is 0 Å². The van der Waals surface area contributed by atoms with Gasteiger partial charge in [-0.3, -0.25) is 9.69 Å². The summed E-state index contributed by atoms with van der Waals surface area (Å²) >= 11 is 0. The molecule has 3 heterocycles. The minimum absolute atomic E-state index is 0.193. The molecule has 24 heavy (non-hydrogen) atoms. The first-order chi connectivity index (χ1) is 11.6. The zero-order chi connectivity index (χ0) is 17.1. The molecule has 0 saturated carbocycles. The molecular formula is C18H26N4O2. The van der Waals surface area contributed by atoms with E-state index in [0.717, 1.165) is 36.5 Å². The molecule has 0 aromatic carbocycles. The first kappa shape index (κ1) is 16.8. The Balaban J connectivity index is 1.97. The Bertz CT molecular complexity index is 725. The number of likely N-dealkylation sites (tertiary alicyclic amines) is 1. The molecule has 0 aliphatic carbocycles. The maximum Gasteiger partial charge on any atom is 0.311 e. The van der Waals surface area contributed by atoms with Gasteiger partial charge in [0.05, 0.1) is 24.9 Å². The molecule has 0 radical (unpaired) electrons. The molecule has 1 saturated heterocycles.